The van der Waals surface area contributed by atoms with Gasteiger partial charge in [0.15, 0.2) is 0 Å². The second-order valence-corrected chi connectivity index (χ2v) is 6.39. The van der Waals surface area contributed by atoms with E-state index in [1.54, 1.807) is 25.3 Å². The topological polar surface area (TPSA) is 74.8 Å². The van der Waals surface area contributed by atoms with E-state index in [1.165, 1.54) is 0 Å². The van der Waals surface area contributed by atoms with Crippen molar-refractivity contribution in [1.82, 2.24) is 10.2 Å². The van der Waals surface area contributed by atoms with E-state index < -0.39 is 10.0 Å². The van der Waals surface area contributed by atoms with Crippen molar-refractivity contribution in [3.63, 3.8) is 0 Å². The highest BCUT2D eigenvalue weighted by Gasteiger charge is 2.15. The SMILES string of the molecule is CC(CCl)CS(=O)(=O)Nc1ccc2cn[nH]c2c1. The van der Waals surface area contributed by atoms with Crippen molar-refractivity contribution in [2.45, 2.75) is 6.92 Å². The summed E-state index contributed by atoms with van der Waals surface area (Å²) in [6.07, 6.45) is 1.68. The fraction of sp³-hybridized carbons (Fsp3) is 0.364. The molecule has 0 aliphatic carbocycles. The zero-order chi connectivity index (χ0) is 13.2. The number of sulfonamides is 1. The van der Waals surface area contributed by atoms with Crippen LogP contribution < -0.4 is 4.72 Å². The summed E-state index contributed by atoms with van der Waals surface area (Å²) in [6, 6.07) is 5.23. The summed E-state index contributed by atoms with van der Waals surface area (Å²) in [4.78, 5) is 0. The molecule has 1 aromatic carbocycles. The predicted molar refractivity (Wildman–Crippen MR) is 73.4 cm³/mol. The zero-order valence-corrected chi connectivity index (χ0v) is 11.4. The molecule has 0 radical (unpaired) electrons. The van der Waals surface area contributed by atoms with Crippen LogP contribution in [0.5, 0.6) is 0 Å². The maximum Gasteiger partial charge on any atom is 0.233 e. The molecule has 5 nitrogen and oxygen atoms in total. The maximum atomic E-state index is 11.8. The lowest BCUT2D eigenvalue weighted by Crippen LogP contribution is -2.22. The molecule has 2 rings (SSSR count). The van der Waals surface area contributed by atoms with Crippen molar-refractivity contribution >= 4 is 38.2 Å². The molecule has 0 saturated heterocycles. The van der Waals surface area contributed by atoms with E-state index >= 15 is 0 Å². The number of alkyl halides is 1. The molecule has 0 aliphatic heterocycles. The number of benzene rings is 1. The van der Waals surface area contributed by atoms with Crippen LogP contribution in [0.15, 0.2) is 24.4 Å². The number of hydrogen-bond donors (Lipinski definition) is 2. The number of aromatic amines is 1. The standard InChI is InChI=1S/C11H14ClN3O2S/c1-8(5-12)7-18(16,17)15-10-3-2-9-6-13-14-11(9)4-10/h2-4,6,8,15H,5,7H2,1H3,(H,13,14). The molecular formula is C11H14ClN3O2S. The average molecular weight is 288 g/mol. The number of aromatic nitrogens is 2. The Balaban J connectivity index is 2.17. The van der Waals surface area contributed by atoms with Crippen LogP contribution in [0.4, 0.5) is 5.69 Å². The van der Waals surface area contributed by atoms with Crippen LogP contribution >= 0.6 is 11.6 Å². The number of fused-ring (bicyclic) bond motifs is 1. The molecule has 1 atom stereocenters. The molecular weight excluding hydrogens is 274 g/mol. The average Bonchev–Trinajstić information content (AvgIpc) is 2.74. The second-order valence-electron chi connectivity index (χ2n) is 4.31. The first-order valence-corrected chi connectivity index (χ1v) is 7.68. The summed E-state index contributed by atoms with van der Waals surface area (Å²) in [7, 11) is -3.37. The van der Waals surface area contributed by atoms with Gasteiger partial charge in [-0.25, -0.2) is 8.42 Å². The molecule has 0 bridgehead atoms. The Hall–Kier alpha value is -1.27. The molecule has 0 aliphatic rings. The van der Waals surface area contributed by atoms with E-state index in [4.69, 9.17) is 11.6 Å². The molecule has 98 valence electrons. The number of halogens is 1. The van der Waals surface area contributed by atoms with Crippen molar-refractivity contribution in [1.29, 1.82) is 0 Å². The Morgan fingerprint density at radius 2 is 2.28 bits per heavy atom. The summed E-state index contributed by atoms with van der Waals surface area (Å²) in [5.41, 5.74) is 1.31. The molecule has 0 spiro atoms. The van der Waals surface area contributed by atoms with E-state index in [9.17, 15) is 8.42 Å². The fourth-order valence-electron chi connectivity index (χ4n) is 1.64. The highest BCUT2D eigenvalue weighted by molar-refractivity contribution is 7.92. The van der Waals surface area contributed by atoms with E-state index in [0.717, 1.165) is 10.9 Å². The monoisotopic (exact) mass is 287 g/mol. The Labute approximate surface area is 111 Å². The van der Waals surface area contributed by atoms with Crippen LogP contribution in [-0.4, -0.2) is 30.2 Å². The summed E-state index contributed by atoms with van der Waals surface area (Å²) in [5.74, 6) is 0.248. The van der Waals surface area contributed by atoms with Crippen molar-refractivity contribution < 1.29 is 8.42 Å². The van der Waals surface area contributed by atoms with Gasteiger partial charge in [-0.05, 0) is 24.1 Å². The quantitative estimate of drug-likeness (QED) is 0.828. The number of nitrogens with one attached hydrogen (secondary N) is 2. The van der Waals surface area contributed by atoms with E-state index in [0.29, 0.717) is 11.6 Å². The van der Waals surface area contributed by atoms with Crippen LogP contribution in [-0.2, 0) is 10.0 Å². The Morgan fingerprint density at radius 1 is 1.50 bits per heavy atom. The van der Waals surface area contributed by atoms with Crippen molar-refractivity contribution in [2.75, 3.05) is 16.4 Å². The van der Waals surface area contributed by atoms with Gasteiger partial charge >= 0.3 is 0 Å². The van der Waals surface area contributed by atoms with Gasteiger partial charge in [0.2, 0.25) is 10.0 Å². The second kappa shape index (κ2) is 5.16. The summed E-state index contributed by atoms with van der Waals surface area (Å²) < 4.78 is 26.2. The first-order valence-electron chi connectivity index (χ1n) is 5.50. The number of nitrogens with zero attached hydrogens (tertiary/aromatic N) is 1. The lowest BCUT2D eigenvalue weighted by molar-refractivity contribution is 0.588. The Bertz CT molecular complexity index is 639. The molecule has 2 aromatic rings. The van der Waals surface area contributed by atoms with E-state index in [1.807, 2.05) is 6.07 Å². The van der Waals surface area contributed by atoms with Gasteiger partial charge in [-0.3, -0.25) is 9.82 Å². The van der Waals surface area contributed by atoms with Crippen molar-refractivity contribution in [2.24, 2.45) is 5.92 Å². The third-order valence-corrected chi connectivity index (χ3v) is 4.56. The third-order valence-electron chi connectivity index (χ3n) is 2.48. The summed E-state index contributed by atoms with van der Waals surface area (Å²) >= 11 is 5.62. The first-order chi connectivity index (χ1) is 8.50. The van der Waals surface area contributed by atoms with Gasteiger partial charge in [-0.15, -0.1) is 11.6 Å². The predicted octanol–water partition coefficient (Wildman–Crippen LogP) is 2.18. The maximum absolute atomic E-state index is 11.8. The molecule has 7 heteroatoms. The summed E-state index contributed by atoms with van der Waals surface area (Å²) in [6.45, 7) is 1.80. The van der Waals surface area contributed by atoms with Gasteiger partial charge in [-0.1, -0.05) is 6.92 Å². The lowest BCUT2D eigenvalue weighted by Gasteiger charge is -2.11. The molecule has 18 heavy (non-hydrogen) atoms. The largest absolute Gasteiger partial charge is 0.283 e. The van der Waals surface area contributed by atoms with E-state index in [2.05, 4.69) is 14.9 Å². The smallest absolute Gasteiger partial charge is 0.233 e. The van der Waals surface area contributed by atoms with Gasteiger partial charge in [0.1, 0.15) is 0 Å². The Morgan fingerprint density at radius 3 is 3.00 bits per heavy atom. The highest BCUT2D eigenvalue weighted by atomic mass is 35.5. The minimum absolute atomic E-state index is 0.0114. The van der Waals surface area contributed by atoms with Crippen LogP contribution in [0.1, 0.15) is 6.92 Å². The van der Waals surface area contributed by atoms with Crippen LogP contribution in [0.25, 0.3) is 10.9 Å². The molecule has 2 N–H and O–H groups in total. The zero-order valence-electron chi connectivity index (χ0n) is 9.85. The van der Waals surface area contributed by atoms with Gasteiger partial charge in [0, 0.05) is 11.3 Å². The normalized spacial score (nSPS) is 13.7. The molecule has 0 saturated carbocycles. The van der Waals surface area contributed by atoms with Gasteiger partial charge in [0.05, 0.1) is 23.2 Å². The van der Waals surface area contributed by atoms with Crippen molar-refractivity contribution in [3.8, 4) is 0 Å². The van der Waals surface area contributed by atoms with Crippen LogP contribution in [0.2, 0.25) is 0 Å². The number of H-pyrrole nitrogens is 1. The third kappa shape index (κ3) is 3.14. The first kappa shape index (κ1) is 13.2. The number of rotatable bonds is 5. The number of anilines is 1. The van der Waals surface area contributed by atoms with Gasteiger partial charge in [-0.2, -0.15) is 5.10 Å². The van der Waals surface area contributed by atoms with Gasteiger partial charge < -0.3 is 0 Å². The minimum Gasteiger partial charge on any atom is -0.283 e. The Kier molecular flexibility index (Phi) is 3.77. The van der Waals surface area contributed by atoms with Crippen molar-refractivity contribution in [3.05, 3.63) is 24.4 Å². The molecule has 0 fully saturated rings. The van der Waals surface area contributed by atoms with Gasteiger partial charge in [0.25, 0.3) is 0 Å². The molecule has 1 aromatic heterocycles. The minimum atomic E-state index is -3.37. The molecule has 0 amide bonds. The van der Waals surface area contributed by atoms with Crippen LogP contribution in [0.3, 0.4) is 0 Å². The van der Waals surface area contributed by atoms with E-state index in [-0.39, 0.29) is 11.7 Å². The number of hydrogen-bond acceptors (Lipinski definition) is 3. The highest BCUT2D eigenvalue weighted by Crippen LogP contribution is 2.18. The lowest BCUT2D eigenvalue weighted by atomic mass is 10.2. The molecule has 1 heterocycles. The fourth-order valence-corrected chi connectivity index (χ4v) is 3.32. The molecule has 1 unspecified atom stereocenters. The van der Waals surface area contributed by atoms with Crippen LogP contribution in [0, 0.1) is 5.92 Å². The summed E-state index contributed by atoms with van der Waals surface area (Å²) in [5, 5.41) is 7.61.